The van der Waals surface area contributed by atoms with Crippen molar-refractivity contribution in [2.75, 3.05) is 0 Å². The molecule has 0 aliphatic carbocycles. The molecule has 0 heterocycles. The van der Waals surface area contributed by atoms with Crippen LogP contribution in [-0.2, 0) is 5.75 Å². The number of hydrogen-bond donors (Lipinski definition) is 0. The van der Waals surface area contributed by atoms with Crippen molar-refractivity contribution in [3.8, 4) is 0 Å². The second-order valence-corrected chi connectivity index (χ2v) is 7.19. The molecule has 0 nitrogen and oxygen atoms in total. The molecule has 2 aromatic carbocycles. The number of hydrogen-bond acceptors (Lipinski definition) is 3. The molecular weight excluding hydrogens is 276 g/mol. The zero-order valence-corrected chi connectivity index (χ0v) is 12.6. The molecule has 2 rings (SSSR count). The van der Waals surface area contributed by atoms with Crippen LogP contribution in [0.1, 0.15) is 11.1 Å². The zero-order chi connectivity index (χ0) is 12.8. The summed E-state index contributed by atoms with van der Waals surface area (Å²) in [5.41, 5.74) is 2.59. The van der Waals surface area contributed by atoms with E-state index in [1.54, 1.807) is 23.5 Å². The number of thiocarbonyl (C=S) groups is 1. The molecule has 0 bridgehead atoms. The lowest BCUT2D eigenvalue weighted by Gasteiger charge is -2.04. The highest BCUT2D eigenvalue weighted by Gasteiger charge is 2.02. The van der Waals surface area contributed by atoms with Gasteiger partial charge in [-0.3, -0.25) is 0 Å². The van der Waals surface area contributed by atoms with E-state index in [0.717, 1.165) is 9.28 Å². The molecule has 2 aromatic rings. The van der Waals surface area contributed by atoms with Gasteiger partial charge in [0.05, 0.1) is 0 Å². The van der Waals surface area contributed by atoms with E-state index in [1.807, 2.05) is 6.07 Å². The Morgan fingerprint density at radius 1 is 1.00 bits per heavy atom. The van der Waals surface area contributed by atoms with Gasteiger partial charge < -0.3 is 0 Å². The van der Waals surface area contributed by atoms with Gasteiger partial charge in [0.15, 0.2) is 0 Å². The summed E-state index contributed by atoms with van der Waals surface area (Å²) < 4.78 is 0.975. The molecule has 92 valence electrons. The average molecular weight is 290 g/mol. The van der Waals surface area contributed by atoms with Crippen LogP contribution in [0.2, 0.25) is 0 Å². The Morgan fingerprint density at radius 3 is 2.33 bits per heavy atom. The third-order valence-electron chi connectivity index (χ3n) is 2.42. The molecule has 0 aliphatic heterocycles. The third kappa shape index (κ3) is 4.48. The third-order valence-corrected chi connectivity index (χ3v) is 5.02. The van der Waals surface area contributed by atoms with E-state index >= 15 is 0 Å². The van der Waals surface area contributed by atoms with E-state index in [1.165, 1.54) is 16.0 Å². The summed E-state index contributed by atoms with van der Waals surface area (Å²) in [4.78, 5) is 1.21. The standard InChI is InChI=1S/C15H14S3/c1-12-7-9-14(10-8-12)18-15(16)17-11-13-5-3-2-4-6-13/h2-10H,11H2,1H3. The quantitative estimate of drug-likeness (QED) is 0.556. The Balaban J connectivity index is 1.84. The normalized spacial score (nSPS) is 10.3. The Kier molecular flexibility index (Phi) is 5.29. The monoisotopic (exact) mass is 290 g/mol. The van der Waals surface area contributed by atoms with Crippen molar-refractivity contribution >= 4 is 39.3 Å². The van der Waals surface area contributed by atoms with E-state index < -0.39 is 0 Å². The maximum Gasteiger partial charge on any atom is 0.109 e. The van der Waals surface area contributed by atoms with Crippen molar-refractivity contribution in [3.05, 3.63) is 65.7 Å². The van der Waals surface area contributed by atoms with Crippen LogP contribution in [0, 0.1) is 6.92 Å². The van der Waals surface area contributed by atoms with E-state index in [4.69, 9.17) is 12.2 Å². The van der Waals surface area contributed by atoms with Gasteiger partial charge in [0.2, 0.25) is 0 Å². The van der Waals surface area contributed by atoms with Gasteiger partial charge in [-0.15, -0.1) is 11.8 Å². The first kappa shape index (κ1) is 13.7. The number of rotatable bonds is 3. The number of aryl methyl sites for hydroxylation is 1. The Bertz CT molecular complexity index is 503. The molecule has 0 unspecified atom stereocenters. The summed E-state index contributed by atoms with van der Waals surface area (Å²) in [6, 6.07) is 18.9. The fourth-order valence-electron chi connectivity index (χ4n) is 1.45. The van der Waals surface area contributed by atoms with E-state index in [-0.39, 0.29) is 0 Å². The average Bonchev–Trinajstić information content (AvgIpc) is 2.40. The molecule has 0 radical (unpaired) electrons. The summed E-state index contributed by atoms with van der Waals surface area (Å²) >= 11 is 8.78. The number of thioether (sulfide) groups is 2. The van der Waals surface area contributed by atoms with Crippen LogP contribution < -0.4 is 0 Å². The molecule has 3 heteroatoms. The molecule has 0 fully saturated rings. The van der Waals surface area contributed by atoms with Crippen molar-refractivity contribution < 1.29 is 0 Å². The highest BCUT2D eigenvalue weighted by Crippen LogP contribution is 2.28. The smallest absolute Gasteiger partial charge is 0.103 e. The summed E-state index contributed by atoms with van der Waals surface area (Å²) in [5.74, 6) is 0.943. The minimum absolute atomic E-state index is 0.943. The molecule has 0 saturated carbocycles. The lowest BCUT2D eigenvalue weighted by molar-refractivity contribution is 1.38. The predicted octanol–water partition coefficient (Wildman–Crippen LogP) is 5.31. The van der Waals surface area contributed by atoms with Crippen molar-refractivity contribution in [2.24, 2.45) is 0 Å². The van der Waals surface area contributed by atoms with Gasteiger partial charge in [0.1, 0.15) is 3.53 Å². The van der Waals surface area contributed by atoms with Crippen LogP contribution in [0.3, 0.4) is 0 Å². The molecule has 0 atom stereocenters. The first-order chi connectivity index (χ1) is 8.74. The lowest BCUT2D eigenvalue weighted by atomic mass is 10.2. The Morgan fingerprint density at radius 2 is 1.67 bits per heavy atom. The maximum atomic E-state index is 5.39. The van der Waals surface area contributed by atoms with Gasteiger partial charge in [0, 0.05) is 10.6 Å². The highest BCUT2D eigenvalue weighted by molar-refractivity contribution is 8.46. The fourth-order valence-corrected chi connectivity index (χ4v) is 3.56. The Hall–Kier alpha value is -0.770. The van der Waals surface area contributed by atoms with E-state index in [0.29, 0.717) is 0 Å². The topological polar surface area (TPSA) is 0 Å². The Labute approximate surface area is 122 Å². The summed E-state index contributed by atoms with van der Waals surface area (Å²) in [7, 11) is 0. The van der Waals surface area contributed by atoms with Crippen LogP contribution in [-0.4, -0.2) is 3.53 Å². The molecule has 18 heavy (non-hydrogen) atoms. The van der Waals surface area contributed by atoms with Gasteiger partial charge in [-0.05, 0) is 24.6 Å². The predicted molar refractivity (Wildman–Crippen MR) is 87.4 cm³/mol. The van der Waals surface area contributed by atoms with Gasteiger partial charge in [0.25, 0.3) is 0 Å². The molecular formula is C15H14S3. The van der Waals surface area contributed by atoms with E-state index in [9.17, 15) is 0 Å². The first-order valence-corrected chi connectivity index (χ1v) is 7.90. The second-order valence-electron chi connectivity index (χ2n) is 3.94. The highest BCUT2D eigenvalue weighted by atomic mass is 32.2. The second kappa shape index (κ2) is 6.98. The van der Waals surface area contributed by atoms with Crippen molar-refractivity contribution in [3.63, 3.8) is 0 Å². The molecule has 0 N–H and O–H groups in total. The van der Waals surface area contributed by atoms with Gasteiger partial charge in [-0.2, -0.15) is 0 Å². The maximum absolute atomic E-state index is 5.39. The molecule has 0 spiro atoms. The van der Waals surface area contributed by atoms with Crippen LogP contribution in [0.15, 0.2) is 59.5 Å². The fraction of sp³-hybridized carbons (Fsp3) is 0.133. The minimum atomic E-state index is 0.943. The number of benzene rings is 2. The van der Waals surface area contributed by atoms with Crippen LogP contribution in [0.25, 0.3) is 0 Å². The van der Waals surface area contributed by atoms with Crippen LogP contribution >= 0.6 is 35.7 Å². The van der Waals surface area contributed by atoms with Crippen molar-refractivity contribution in [1.82, 2.24) is 0 Å². The summed E-state index contributed by atoms with van der Waals surface area (Å²) in [5, 5.41) is 0. The zero-order valence-electron chi connectivity index (χ0n) is 10.1. The molecule has 0 aromatic heterocycles. The van der Waals surface area contributed by atoms with Gasteiger partial charge in [-0.25, -0.2) is 0 Å². The summed E-state index contributed by atoms with van der Waals surface area (Å²) in [6.45, 7) is 2.09. The first-order valence-electron chi connectivity index (χ1n) is 5.69. The van der Waals surface area contributed by atoms with Crippen molar-refractivity contribution in [2.45, 2.75) is 17.6 Å². The van der Waals surface area contributed by atoms with Crippen molar-refractivity contribution in [1.29, 1.82) is 0 Å². The summed E-state index contributed by atoms with van der Waals surface area (Å²) in [6.07, 6.45) is 0. The lowest BCUT2D eigenvalue weighted by Crippen LogP contribution is -1.85. The largest absolute Gasteiger partial charge is 0.109 e. The van der Waals surface area contributed by atoms with Crippen LogP contribution in [0.5, 0.6) is 0 Å². The van der Waals surface area contributed by atoms with E-state index in [2.05, 4.69) is 55.5 Å². The van der Waals surface area contributed by atoms with Crippen LogP contribution in [0.4, 0.5) is 0 Å². The SMILES string of the molecule is Cc1ccc(SC(=S)SCc2ccccc2)cc1. The minimum Gasteiger partial charge on any atom is -0.103 e. The molecule has 0 aliphatic rings. The molecule has 0 saturated heterocycles. The molecule has 0 amide bonds. The van der Waals surface area contributed by atoms with Gasteiger partial charge >= 0.3 is 0 Å². The van der Waals surface area contributed by atoms with Gasteiger partial charge in [-0.1, -0.05) is 72.0 Å².